The molecule has 140 valence electrons. The van der Waals surface area contributed by atoms with Crippen molar-refractivity contribution in [2.75, 3.05) is 23.7 Å². The van der Waals surface area contributed by atoms with Gasteiger partial charge in [0.05, 0.1) is 17.6 Å². The number of hydrogen-bond acceptors (Lipinski definition) is 5. The molecule has 1 aromatic heterocycles. The number of nitrogens with zero attached hydrogens (tertiary/aromatic N) is 4. The van der Waals surface area contributed by atoms with Crippen molar-refractivity contribution < 1.29 is 4.79 Å². The molecule has 0 atom stereocenters. The first kappa shape index (κ1) is 18.6. The minimum absolute atomic E-state index is 0.667. The topological polar surface area (TPSA) is 75.1 Å². The SMILES string of the molecule is CCN(CC)Cc1cn(-c2cccc(Nc3cccc(NC=O)c3)c2)nn1. The van der Waals surface area contributed by atoms with Gasteiger partial charge < -0.3 is 10.6 Å². The number of anilines is 3. The first-order chi connectivity index (χ1) is 13.2. The monoisotopic (exact) mass is 364 g/mol. The Morgan fingerprint density at radius 1 is 1.04 bits per heavy atom. The number of amides is 1. The molecule has 0 fully saturated rings. The molecule has 2 aromatic carbocycles. The molecule has 0 saturated heterocycles. The van der Waals surface area contributed by atoms with E-state index < -0.39 is 0 Å². The van der Waals surface area contributed by atoms with Crippen LogP contribution in [0.25, 0.3) is 5.69 Å². The highest BCUT2D eigenvalue weighted by atomic mass is 16.1. The maximum atomic E-state index is 10.6. The van der Waals surface area contributed by atoms with Gasteiger partial charge in [-0.15, -0.1) is 5.10 Å². The molecular formula is C20H24N6O. The second kappa shape index (κ2) is 8.95. The molecule has 27 heavy (non-hydrogen) atoms. The molecule has 0 bridgehead atoms. The third kappa shape index (κ3) is 4.92. The molecule has 3 rings (SSSR count). The number of nitrogens with one attached hydrogen (secondary N) is 2. The molecule has 0 aliphatic heterocycles. The van der Waals surface area contributed by atoms with Crippen molar-refractivity contribution in [2.45, 2.75) is 20.4 Å². The van der Waals surface area contributed by atoms with Crippen LogP contribution in [0.5, 0.6) is 0 Å². The lowest BCUT2D eigenvalue weighted by Gasteiger charge is -2.15. The van der Waals surface area contributed by atoms with Crippen LogP contribution in [0.2, 0.25) is 0 Å². The van der Waals surface area contributed by atoms with Gasteiger partial charge in [0, 0.05) is 23.6 Å². The average Bonchev–Trinajstić information content (AvgIpc) is 3.15. The first-order valence-electron chi connectivity index (χ1n) is 9.03. The summed E-state index contributed by atoms with van der Waals surface area (Å²) in [5, 5.41) is 14.5. The summed E-state index contributed by atoms with van der Waals surface area (Å²) in [6.45, 7) is 7.05. The standard InChI is InChI=1S/C20H24N6O/c1-3-25(4-2)13-19-14-26(24-23-19)20-10-6-9-18(12-20)22-17-8-5-7-16(11-17)21-15-27/h5-12,14-15,22H,3-4,13H2,1-2H3,(H,21,27). The van der Waals surface area contributed by atoms with Gasteiger partial charge >= 0.3 is 0 Å². The van der Waals surface area contributed by atoms with E-state index in [0.29, 0.717) is 6.41 Å². The van der Waals surface area contributed by atoms with Crippen LogP contribution in [-0.2, 0) is 11.3 Å². The summed E-state index contributed by atoms with van der Waals surface area (Å²) in [6.07, 6.45) is 2.63. The quantitative estimate of drug-likeness (QED) is 0.569. The van der Waals surface area contributed by atoms with Crippen molar-refractivity contribution in [1.29, 1.82) is 0 Å². The van der Waals surface area contributed by atoms with Crippen LogP contribution in [-0.4, -0.2) is 39.4 Å². The Hall–Kier alpha value is -3.19. The fourth-order valence-corrected chi connectivity index (χ4v) is 2.82. The maximum absolute atomic E-state index is 10.6. The minimum Gasteiger partial charge on any atom is -0.355 e. The number of rotatable bonds is 9. The van der Waals surface area contributed by atoms with Gasteiger partial charge in [0.15, 0.2) is 0 Å². The number of aromatic nitrogens is 3. The molecule has 0 aliphatic carbocycles. The fraction of sp³-hybridized carbons (Fsp3) is 0.250. The van der Waals surface area contributed by atoms with Crippen LogP contribution in [0.15, 0.2) is 54.7 Å². The molecule has 7 heteroatoms. The Bertz CT molecular complexity index is 887. The highest BCUT2D eigenvalue weighted by molar-refractivity contribution is 5.74. The van der Waals surface area contributed by atoms with Crippen molar-refractivity contribution in [2.24, 2.45) is 0 Å². The van der Waals surface area contributed by atoms with Crippen molar-refractivity contribution in [3.05, 3.63) is 60.4 Å². The summed E-state index contributed by atoms with van der Waals surface area (Å²) >= 11 is 0. The predicted molar refractivity (Wildman–Crippen MR) is 107 cm³/mol. The zero-order valence-corrected chi connectivity index (χ0v) is 15.6. The molecule has 0 aliphatic rings. The van der Waals surface area contributed by atoms with E-state index >= 15 is 0 Å². The fourth-order valence-electron chi connectivity index (χ4n) is 2.82. The lowest BCUT2D eigenvalue weighted by Crippen LogP contribution is -2.22. The van der Waals surface area contributed by atoms with Crippen LogP contribution in [0.3, 0.4) is 0 Å². The Kier molecular flexibility index (Phi) is 6.17. The Morgan fingerprint density at radius 3 is 2.48 bits per heavy atom. The zero-order valence-electron chi connectivity index (χ0n) is 15.6. The molecule has 0 unspecified atom stereocenters. The molecule has 7 nitrogen and oxygen atoms in total. The largest absolute Gasteiger partial charge is 0.355 e. The summed E-state index contributed by atoms with van der Waals surface area (Å²) in [4.78, 5) is 12.9. The smallest absolute Gasteiger partial charge is 0.211 e. The van der Waals surface area contributed by atoms with Gasteiger partial charge in [-0.3, -0.25) is 9.69 Å². The summed E-state index contributed by atoms with van der Waals surface area (Å²) in [7, 11) is 0. The molecule has 2 N–H and O–H groups in total. The van der Waals surface area contributed by atoms with Gasteiger partial charge in [0.2, 0.25) is 6.41 Å². The van der Waals surface area contributed by atoms with E-state index in [4.69, 9.17) is 0 Å². The van der Waals surface area contributed by atoms with Gasteiger partial charge in [-0.1, -0.05) is 31.2 Å². The lowest BCUT2D eigenvalue weighted by molar-refractivity contribution is -0.105. The second-order valence-corrected chi connectivity index (χ2v) is 6.13. The molecular weight excluding hydrogens is 340 g/mol. The molecule has 1 amide bonds. The Morgan fingerprint density at radius 2 is 1.74 bits per heavy atom. The lowest BCUT2D eigenvalue weighted by atomic mass is 10.2. The maximum Gasteiger partial charge on any atom is 0.211 e. The van der Waals surface area contributed by atoms with E-state index in [-0.39, 0.29) is 0 Å². The van der Waals surface area contributed by atoms with Gasteiger partial charge in [0.1, 0.15) is 0 Å². The van der Waals surface area contributed by atoms with Crippen LogP contribution in [0.1, 0.15) is 19.5 Å². The summed E-state index contributed by atoms with van der Waals surface area (Å²) in [5.41, 5.74) is 4.44. The van der Waals surface area contributed by atoms with E-state index in [1.807, 2.05) is 54.7 Å². The van der Waals surface area contributed by atoms with Crippen molar-refractivity contribution in [1.82, 2.24) is 19.9 Å². The summed E-state index contributed by atoms with van der Waals surface area (Å²) in [6, 6.07) is 15.5. The van der Waals surface area contributed by atoms with E-state index in [2.05, 4.69) is 39.7 Å². The van der Waals surface area contributed by atoms with E-state index in [9.17, 15) is 4.79 Å². The van der Waals surface area contributed by atoms with Crippen LogP contribution in [0.4, 0.5) is 17.1 Å². The van der Waals surface area contributed by atoms with E-state index in [1.165, 1.54) is 0 Å². The highest BCUT2D eigenvalue weighted by Gasteiger charge is 2.07. The zero-order chi connectivity index (χ0) is 19.1. The molecule has 1 heterocycles. The van der Waals surface area contributed by atoms with Gasteiger partial charge in [-0.25, -0.2) is 4.68 Å². The summed E-state index contributed by atoms with van der Waals surface area (Å²) in [5.74, 6) is 0. The second-order valence-electron chi connectivity index (χ2n) is 6.13. The Labute approximate surface area is 159 Å². The number of hydrogen-bond donors (Lipinski definition) is 2. The molecule has 0 radical (unpaired) electrons. The summed E-state index contributed by atoms with van der Waals surface area (Å²) < 4.78 is 1.79. The Balaban J connectivity index is 1.75. The third-order valence-corrected chi connectivity index (χ3v) is 4.31. The molecule has 3 aromatic rings. The van der Waals surface area contributed by atoms with Crippen LogP contribution < -0.4 is 10.6 Å². The van der Waals surface area contributed by atoms with Crippen molar-refractivity contribution >= 4 is 23.5 Å². The van der Waals surface area contributed by atoms with Crippen LogP contribution >= 0.6 is 0 Å². The number of carbonyl (C=O) groups excluding carboxylic acids is 1. The van der Waals surface area contributed by atoms with E-state index in [1.54, 1.807) is 4.68 Å². The molecule has 0 spiro atoms. The van der Waals surface area contributed by atoms with Gasteiger partial charge in [-0.2, -0.15) is 0 Å². The number of carbonyl (C=O) groups is 1. The van der Waals surface area contributed by atoms with Crippen LogP contribution in [0, 0.1) is 0 Å². The highest BCUT2D eigenvalue weighted by Crippen LogP contribution is 2.22. The number of benzene rings is 2. The van der Waals surface area contributed by atoms with Crippen molar-refractivity contribution in [3.63, 3.8) is 0 Å². The van der Waals surface area contributed by atoms with E-state index in [0.717, 1.165) is 48.1 Å². The normalized spacial score (nSPS) is 10.8. The first-order valence-corrected chi connectivity index (χ1v) is 9.03. The van der Waals surface area contributed by atoms with Gasteiger partial charge in [0.25, 0.3) is 0 Å². The third-order valence-electron chi connectivity index (χ3n) is 4.31. The minimum atomic E-state index is 0.667. The molecule has 0 saturated carbocycles. The average molecular weight is 364 g/mol. The van der Waals surface area contributed by atoms with Crippen molar-refractivity contribution in [3.8, 4) is 5.69 Å². The predicted octanol–water partition coefficient (Wildman–Crippen LogP) is 3.42. The van der Waals surface area contributed by atoms with Gasteiger partial charge in [-0.05, 0) is 49.5 Å².